The molecule has 3 rings (SSSR count). The average Bonchev–Trinajstić information content (AvgIpc) is 3.11. The van der Waals surface area contributed by atoms with Crippen LogP contribution in [0.2, 0.25) is 5.02 Å². The number of oxime groups is 1. The molecule has 0 saturated carbocycles. The lowest BCUT2D eigenvalue weighted by Gasteiger charge is -2.24. The first-order valence-electron chi connectivity index (χ1n) is 8.56. The fourth-order valence-electron chi connectivity index (χ4n) is 2.87. The number of amides is 1. The molecule has 0 saturated heterocycles. The van der Waals surface area contributed by atoms with Crippen LogP contribution < -0.4 is 0 Å². The molecule has 1 amide bonds. The van der Waals surface area contributed by atoms with E-state index in [1.54, 1.807) is 17.0 Å². The molecule has 6 heteroatoms. The van der Waals surface area contributed by atoms with Gasteiger partial charge in [-0.1, -0.05) is 47.9 Å². The van der Waals surface area contributed by atoms with Crippen molar-refractivity contribution in [2.75, 3.05) is 6.54 Å². The van der Waals surface area contributed by atoms with Gasteiger partial charge in [0.2, 0.25) is 5.91 Å². The van der Waals surface area contributed by atoms with E-state index in [4.69, 9.17) is 16.4 Å². The van der Waals surface area contributed by atoms with Gasteiger partial charge >= 0.3 is 0 Å². The minimum Gasteiger partial charge on any atom is -0.390 e. The highest BCUT2D eigenvalue weighted by Crippen LogP contribution is 2.20. The number of hydrogen-bond acceptors (Lipinski definition) is 3. The monoisotopic (exact) mass is 374 g/mol. The topological polar surface area (TPSA) is 41.9 Å². The Hall–Kier alpha value is -2.40. The Morgan fingerprint density at radius 1 is 1.23 bits per heavy atom. The standard InChI is InChI=1S/C20H20ClFN2O2/c1-2-20(25)24(12-14-3-9-17(22)10-4-14)13-18-11-19(23-26-18)15-5-7-16(21)8-6-15/h3-10,18H,2,11-13H2,1H3/t18-/m1/s1. The third kappa shape index (κ3) is 4.61. The number of carbonyl (C=O) groups excluding carboxylic acids is 1. The molecule has 0 radical (unpaired) electrons. The molecule has 2 aromatic carbocycles. The van der Waals surface area contributed by atoms with Gasteiger partial charge in [0.05, 0.1) is 12.3 Å². The Labute approximate surface area is 157 Å². The number of nitrogens with zero attached hydrogens (tertiary/aromatic N) is 2. The summed E-state index contributed by atoms with van der Waals surface area (Å²) in [5, 5.41) is 4.83. The van der Waals surface area contributed by atoms with Crippen molar-refractivity contribution in [1.29, 1.82) is 0 Å². The second-order valence-electron chi connectivity index (χ2n) is 6.23. The molecule has 0 fully saturated rings. The third-order valence-electron chi connectivity index (χ3n) is 4.28. The van der Waals surface area contributed by atoms with E-state index in [1.165, 1.54) is 12.1 Å². The highest BCUT2D eigenvalue weighted by atomic mass is 35.5. The van der Waals surface area contributed by atoms with Crippen LogP contribution in [0.4, 0.5) is 4.39 Å². The van der Waals surface area contributed by atoms with E-state index in [-0.39, 0.29) is 17.8 Å². The van der Waals surface area contributed by atoms with Crippen LogP contribution in [0.5, 0.6) is 0 Å². The predicted molar refractivity (Wildman–Crippen MR) is 99.6 cm³/mol. The minimum atomic E-state index is -0.290. The smallest absolute Gasteiger partial charge is 0.222 e. The molecule has 0 bridgehead atoms. The second-order valence-corrected chi connectivity index (χ2v) is 6.67. The third-order valence-corrected chi connectivity index (χ3v) is 4.53. The van der Waals surface area contributed by atoms with Gasteiger partial charge in [-0.3, -0.25) is 4.79 Å². The molecule has 4 nitrogen and oxygen atoms in total. The first-order chi connectivity index (χ1) is 12.5. The van der Waals surface area contributed by atoms with Gasteiger partial charge in [-0.2, -0.15) is 0 Å². The summed E-state index contributed by atoms with van der Waals surface area (Å²) in [5.74, 6) is -0.264. The number of hydrogen-bond donors (Lipinski definition) is 0. The zero-order valence-electron chi connectivity index (χ0n) is 14.5. The Kier molecular flexibility index (Phi) is 5.89. The Morgan fingerprint density at radius 3 is 2.58 bits per heavy atom. The Morgan fingerprint density at radius 2 is 1.92 bits per heavy atom. The molecule has 26 heavy (non-hydrogen) atoms. The lowest BCUT2D eigenvalue weighted by Crippen LogP contribution is -2.36. The van der Waals surface area contributed by atoms with Gasteiger partial charge in [0.1, 0.15) is 5.82 Å². The van der Waals surface area contributed by atoms with Gasteiger partial charge < -0.3 is 9.74 Å². The highest BCUT2D eigenvalue weighted by molar-refractivity contribution is 6.30. The summed E-state index contributed by atoms with van der Waals surface area (Å²) in [6.45, 7) is 2.68. The predicted octanol–water partition coefficient (Wildman–Crippen LogP) is 4.41. The quantitative estimate of drug-likeness (QED) is 0.751. The number of halogens is 2. The van der Waals surface area contributed by atoms with Gasteiger partial charge in [-0.25, -0.2) is 4.39 Å². The normalized spacial score (nSPS) is 16.1. The molecular formula is C20H20ClFN2O2. The largest absolute Gasteiger partial charge is 0.390 e. The average molecular weight is 375 g/mol. The summed E-state index contributed by atoms with van der Waals surface area (Å²) in [6, 6.07) is 13.6. The van der Waals surface area contributed by atoms with E-state index in [9.17, 15) is 9.18 Å². The summed E-state index contributed by atoms with van der Waals surface area (Å²) < 4.78 is 13.1. The van der Waals surface area contributed by atoms with Gasteiger partial charge in [0.15, 0.2) is 6.10 Å². The van der Waals surface area contributed by atoms with E-state index in [2.05, 4.69) is 5.16 Å². The van der Waals surface area contributed by atoms with Crippen molar-refractivity contribution >= 4 is 23.2 Å². The van der Waals surface area contributed by atoms with Crippen LogP contribution in [-0.4, -0.2) is 29.2 Å². The molecule has 0 N–H and O–H groups in total. The molecule has 136 valence electrons. The molecule has 0 aromatic heterocycles. The minimum absolute atomic E-state index is 0.0258. The van der Waals surface area contributed by atoms with E-state index in [0.717, 1.165) is 16.8 Å². The van der Waals surface area contributed by atoms with Gasteiger partial charge in [-0.05, 0) is 35.4 Å². The summed E-state index contributed by atoms with van der Waals surface area (Å²) in [4.78, 5) is 19.6. The first-order valence-corrected chi connectivity index (χ1v) is 8.93. The van der Waals surface area contributed by atoms with Crippen molar-refractivity contribution in [2.24, 2.45) is 5.16 Å². The van der Waals surface area contributed by atoms with Crippen molar-refractivity contribution < 1.29 is 14.0 Å². The van der Waals surface area contributed by atoms with E-state index in [1.807, 2.05) is 31.2 Å². The van der Waals surface area contributed by atoms with Crippen LogP contribution in [0.1, 0.15) is 30.9 Å². The van der Waals surface area contributed by atoms with Crippen LogP contribution in [0.3, 0.4) is 0 Å². The van der Waals surface area contributed by atoms with E-state index < -0.39 is 0 Å². The van der Waals surface area contributed by atoms with Crippen LogP contribution >= 0.6 is 11.6 Å². The zero-order valence-corrected chi connectivity index (χ0v) is 15.2. The summed E-state index contributed by atoms with van der Waals surface area (Å²) in [5.41, 5.74) is 2.69. The molecule has 2 aromatic rings. The lowest BCUT2D eigenvalue weighted by atomic mass is 10.0. The van der Waals surface area contributed by atoms with Crippen LogP contribution in [0.15, 0.2) is 53.7 Å². The van der Waals surface area contributed by atoms with Crippen molar-refractivity contribution in [1.82, 2.24) is 4.90 Å². The lowest BCUT2D eigenvalue weighted by molar-refractivity contribution is -0.133. The molecule has 1 aliphatic rings. The van der Waals surface area contributed by atoms with Gasteiger partial charge in [0, 0.05) is 24.4 Å². The summed E-state index contributed by atoms with van der Waals surface area (Å²) >= 11 is 5.91. The van der Waals surface area contributed by atoms with Crippen molar-refractivity contribution in [3.63, 3.8) is 0 Å². The van der Waals surface area contributed by atoms with Crippen LogP contribution in [0, 0.1) is 5.82 Å². The van der Waals surface area contributed by atoms with Gasteiger partial charge in [-0.15, -0.1) is 0 Å². The summed E-state index contributed by atoms with van der Waals surface area (Å²) in [6.07, 6.45) is 0.828. The number of carbonyl (C=O) groups is 1. The highest BCUT2D eigenvalue weighted by Gasteiger charge is 2.26. The van der Waals surface area contributed by atoms with Crippen LogP contribution in [-0.2, 0) is 16.2 Å². The zero-order chi connectivity index (χ0) is 18.5. The maximum absolute atomic E-state index is 13.1. The van der Waals surface area contributed by atoms with Crippen LogP contribution in [0.25, 0.3) is 0 Å². The molecule has 1 heterocycles. The molecule has 1 atom stereocenters. The van der Waals surface area contributed by atoms with E-state index in [0.29, 0.717) is 31.0 Å². The SMILES string of the molecule is CCC(=O)N(Cc1ccc(F)cc1)C[C@H]1CC(c2ccc(Cl)cc2)=NO1. The maximum Gasteiger partial charge on any atom is 0.222 e. The number of benzene rings is 2. The molecule has 0 aliphatic carbocycles. The van der Waals surface area contributed by atoms with Crippen molar-refractivity contribution in [3.05, 3.63) is 70.5 Å². The second kappa shape index (κ2) is 8.32. The summed E-state index contributed by atoms with van der Waals surface area (Å²) in [7, 11) is 0. The molecule has 0 spiro atoms. The number of rotatable bonds is 6. The molecule has 1 aliphatic heterocycles. The van der Waals surface area contributed by atoms with Gasteiger partial charge in [0.25, 0.3) is 0 Å². The van der Waals surface area contributed by atoms with Crippen molar-refractivity contribution in [2.45, 2.75) is 32.4 Å². The fraction of sp³-hybridized carbons (Fsp3) is 0.300. The first kappa shape index (κ1) is 18.4. The van der Waals surface area contributed by atoms with Crippen molar-refractivity contribution in [3.8, 4) is 0 Å². The fourth-order valence-corrected chi connectivity index (χ4v) is 3.00. The molecular weight excluding hydrogens is 355 g/mol. The Bertz CT molecular complexity index is 790. The Balaban J connectivity index is 1.63. The maximum atomic E-state index is 13.1. The van der Waals surface area contributed by atoms with E-state index >= 15 is 0 Å². The molecule has 0 unspecified atom stereocenters.